The molecule has 1 aromatic heterocycles. The molecule has 96 valence electrons. The van der Waals surface area contributed by atoms with E-state index in [1.165, 1.54) is 11.8 Å². The van der Waals surface area contributed by atoms with Crippen LogP contribution in [0.15, 0.2) is 9.64 Å². The number of aromatic nitrogens is 2. The average Bonchev–Trinajstić information content (AvgIpc) is 2.75. The van der Waals surface area contributed by atoms with Gasteiger partial charge in [0.2, 0.25) is 11.8 Å². The SMILES string of the molecule is CCCCNC(=O)CSc1nnc(CSC)o1. The highest BCUT2D eigenvalue weighted by molar-refractivity contribution is 7.99. The van der Waals surface area contributed by atoms with Crippen molar-refractivity contribution in [2.45, 2.75) is 30.7 Å². The van der Waals surface area contributed by atoms with Crippen LogP contribution in [0.2, 0.25) is 0 Å². The van der Waals surface area contributed by atoms with E-state index in [4.69, 9.17) is 4.42 Å². The Kier molecular flexibility index (Phi) is 7.11. The fraction of sp³-hybridized carbons (Fsp3) is 0.700. The van der Waals surface area contributed by atoms with Gasteiger partial charge in [0.25, 0.3) is 5.22 Å². The van der Waals surface area contributed by atoms with Gasteiger partial charge in [0.15, 0.2) is 0 Å². The van der Waals surface area contributed by atoms with Gasteiger partial charge < -0.3 is 9.73 Å². The maximum absolute atomic E-state index is 11.4. The maximum atomic E-state index is 11.4. The molecule has 0 unspecified atom stereocenters. The first kappa shape index (κ1) is 14.4. The van der Waals surface area contributed by atoms with Gasteiger partial charge in [-0.05, 0) is 12.7 Å². The number of thioether (sulfide) groups is 2. The van der Waals surface area contributed by atoms with Gasteiger partial charge in [-0.25, -0.2) is 0 Å². The molecule has 0 aliphatic heterocycles. The molecule has 1 rings (SSSR count). The molecule has 0 spiro atoms. The highest BCUT2D eigenvalue weighted by Gasteiger charge is 2.08. The molecular formula is C10H17N3O2S2. The molecular weight excluding hydrogens is 258 g/mol. The van der Waals surface area contributed by atoms with Crippen molar-refractivity contribution in [1.29, 1.82) is 0 Å². The molecule has 0 aliphatic rings. The third-order valence-corrected chi connectivity index (χ3v) is 3.25. The summed E-state index contributed by atoms with van der Waals surface area (Å²) in [6.45, 7) is 2.82. The lowest BCUT2D eigenvalue weighted by molar-refractivity contribution is -0.118. The lowest BCUT2D eigenvalue weighted by atomic mass is 10.3. The maximum Gasteiger partial charge on any atom is 0.277 e. The predicted molar refractivity (Wildman–Crippen MR) is 70.2 cm³/mol. The Hall–Kier alpha value is -0.690. The smallest absolute Gasteiger partial charge is 0.277 e. The van der Waals surface area contributed by atoms with E-state index < -0.39 is 0 Å². The van der Waals surface area contributed by atoms with Gasteiger partial charge in [-0.2, -0.15) is 11.8 Å². The van der Waals surface area contributed by atoms with Gasteiger partial charge in [-0.15, -0.1) is 10.2 Å². The van der Waals surface area contributed by atoms with Crippen LogP contribution in [0.3, 0.4) is 0 Å². The van der Waals surface area contributed by atoms with Crippen molar-refractivity contribution < 1.29 is 9.21 Å². The van der Waals surface area contributed by atoms with E-state index in [2.05, 4.69) is 22.4 Å². The zero-order valence-corrected chi connectivity index (χ0v) is 11.7. The summed E-state index contributed by atoms with van der Waals surface area (Å²) < 4.78 is 5.34. The van der Waals surface area contributed by atoms with Crippen molar-refractivity contribution >= 4 is 29.4 Å². The highest BCUT2D eigenvalue weighted by Crippen LogP contribution is 2.17. The fourth-order valence-corrected chi connectivity index (χ4v) is 2.04. The molecule has 7 heteroatoms. The Labute approximate surface area is 110 Å². The largest absolute Gasteiger partial charge is 0.415 e. The Bertz CT molecular complexity index is 344. The number of nitrogens with zero attached hydrogens (tertiary/aromatic N) is 2. The minimum Gasteiger partial charge on any atom is -0.415 e. The molecule has 0 fully saturated rings. The number of hydrogen-bond acceptors (Lipinski definition) is 6. The third-order valence-electron chi connectivity index (χ3n) is 1.90. The summed E-state index contributed by atoms with van der Waals surface area (Å²) in [5, 5.41) is 11.0. The van der Waals surface area contributed by atoms with Gasteiger partial charge in [-0.1, -0.05) is 25.1 Å². The van der Waals surface area contributed by atoms with Crippen molar-refractivity contribution in [1.82, 2.24) is 15.5 Å². The molecule has 1 aromatic rings. The molecule has 1 amide bonds. The van der Waals surface area contributed by atoms with Crippen LogP contribution in [0.4, 0.5) is 0 Å². The second kappa shape index (κ2) is 8.41. The van der Waals surface area contributed by atoms with Crippen molar-refractivity contribution in [2.24, 2.45) is 0 Å². The van der Waals surface area contributed by atoms with Crippen LogP contribution in [0.25, 0.3) is 0 Å². The summed E-state index contributed by atoms with van der Waals surface area (Å²) in [7, 11) is 0. The van der Waals surface area contributed by atoms with Crippen molar-refractivity contribution in [3.63, 3.8) is 0 Å². The highest BCUT2D eigenvalue weighted by atomic mass is 32.2. The molecule has 0 aromatic carbocycles. The molecule has 5 nitrogen and oxygen atoms in total. The van der Waals surface area contributed by atoms with Crippen LogP contribution in [-0.2, 0) is 10.5 Å². The standard InChI is InChI=1S/C10H17N3O2S2/c1-3-4-5-11-8(14)6-17-10-13-12-9(15-10)7-16-2/h3-7H2,1-2H3,(H,11,14). The zero-order chi connectivity index (χ0) is 12.5. The van der Waals surface area contributed by atoms with Gasteiger partial charge >= 0.3 is 0 Å². The number of amides is 1. The summed E-state index contributed by atoms with van der Waals surface area (Å²) in [5.74, 6) is 1.64. The molecule has 0 aliphatic carbocycles. The van der Waals surface area contributed by atoms with E-state index in [-0.39, 0.29) is 5.91 Å². The van der Waals surface area contributed by atoms with Gasteiger partial charge in [0, 0.05) is 6.54 Å². The fourth-order valence-electron chi connectivity index (χ4n) is 1.06. The number of carbonyl (C=O) groups excluding carboxylic acids is 1. The van der Waals surface area contributed by atoms with Crippen molar-refractivity contribution in [3.05, 3.63) is 5.89 Å². The van der Waals surface area contributed by atoms with Gasteiger partial charge in [0.05, 0.1) is 11.5 Å². The molecule has 0 atom stereocenters. The Morgan fingerprint density at radius 2 is 2.29 bits per heavy atom. The summed E-state index contributed by atoms with van der Waals surface area (Å²) in [6.07, 6.45) is 4.06. The van der Waals surface area contributed by atoms with Crippen LogP contribution < -0.4 is 5.32 Å². The molecule has 0 saturated heterocycles. The molecule has 0 saturated carbocycles. The molecule has 0 bridgehead atoms. The number of carbonyl (C=O) groups is 1. The number of hydrogen-bond donors (Lipinski definition) is 1. The third kappa shape index (κ3) is 5.97. The summed E-state index contributed by atoms with van der Waals surface area (Å²) in [4.78, 5) is 11.4. The van der Waals surface area contributed by atoms with Gasteiger partial charge in [-0.3, -0.25) is 4.79 Å². The molecule has 1 heterocycles. The zero-order valence-electron chi connectivity index (χ0n) is 10.1. The average molecular weight is 275 g/mol. The second-order valence-corrected chi connectivity index (χ2v) is 5.18. The van der Waals surface area contributed by atoms with Gasteiger partial charge in [0.1, 0.15) is 0 Å². The van der Waals surface area contributed by atoms with E-state index in [0.29, 0.717) is 22.6 Å². The Morgan fingerprint density at radius 3 is 3.00 bits per heavy atom. The van der Waals surface area contributed by atoms with Crippen molar-refractivity contribution in [2.75, 3.05) is 18.6 Å². The number of unbranched alkanes of at least 4 members (excludes halogenated alkanes) is 1. The lowest BCUT2D eigenvalue weighted by Crippen LogP contribution is -2.25. The predicted octanol–water partition coefficient (Wildman–Crippen LogP) is 1.94. The summed E-state index contributed by atoms with van der Waals surface area (Å²) in [5.41, 5.74) is 0. The van der Waals surface area contributed by atoms with Crippen LogP contribution in [0.5, 0.6) is 0 Å². The van der Waals surface area contributed by atoms with E-state index in [1.807, 2.05) is 6.26 Å². The number of rotatable bonds is 8. The molecule has 1 N–H and O–H groups in total. The second-order valence-electron chi connectivity index (χ2n) is 3.39. The summed E-state index contributed by atoms with van der Waals surface area (Å²) in [6, 6.07) is 0. The van der Waals surface area contributed by atoms with Crippen LogP contribution in [0.1, 0.15) is 25.7 Å². The molecule has 0 radical (unpaired) electrons. The van der Waals surface area contributed by atoms with Crippen LogP contribution in [-0.4, -0.2) is 34.7 Å². The quantitative estimate of drug-likeness (QED) is 0.577. The normalized spacial score (nSPS) is 10.5. The lowest BCUT2D eigenvalue weighted by Gasteiger charge is -2.01. The first-order valence-electron chi connectivity index (χ1n) is 5.47. The molecule has 17 heavy (non-hydrogen) atoms. The first-order valence-corrected chi connectivity index (χ1v) is 7.85. The van der Waals surface area contributed by atoms with Crippen LogP contribution >= 0.6 is 23.5 Å². The van der Waals surface area contributed by atoms with E-state index in [9.17, 15) is 4.79 Å². The van der Waals surface area contributed by atoms with E-state index in [1.54, 1.807) is 11.8 Å². The monoisotopic (exact) mass is 275 g/mol. The van der Waals surface area contributed by atoms with Crippen LogP contribution in [0, 0.1) is 0 Å². The number of nitrogens with one attached hydrogen (secondary N) is 1. The Balaban J connectivity index is 2.22. The van der Waals surface area contributed by atoms with Crippen molar-refractivity contribution in [3.8, 4) is 0 Å². The first-order chi connectivity index (χ1) is 8.26. The summed E-state index contributed by atoms with van der Waals surface area (Å²) >= 11 is 2.89. The van der Waals surface area contributed by atoms with E-state index >= 15 is 0 Å². The van der Waals surface area contributed by atoms with E-state index in [0.717, 1.165) is 19.4 Å². The topological polar surface area (TPSA) is 68.0 Å². The minimum absolute atomic E-state index is 0.00747. The Morgan fingerprint density at radius 1 is 1.47 bits per heavy atom. The minimum atomic E-state index is 0.00747.